The predicted octanol–water partition coefficient (Wildman–Crippen LogP) is 2.22. The first-order valence-electron chi connectivity index (χ1n) is 10.8. The molecule has 0 heterocycles. The lowest BCUT2D eigenvalue weighted by molar-refractivity contribution is -0.139. The molecule has 0 bridgehead atoms. The van der Waals surface area contributed by atoms with Crippen LogP contribution in [0.3, 0.4) is 0 Å². The number of nitrogens with one attached hydrogen (secondary N) is 1. The fourth-order valence-corrected chi connectivity index (χ4v) is 4.17. The molecular formula is C24H31N3O6S. The molecule has 0 radical (unpaired) electrons. The van der Waals surface area contributed by atoms with Gasteiger partial charge in [-0.1, -0.05) is 24.3 Å². The molecule has 2 amide bonds. The molecule has 184 valence electrons. The number of amides is 2. The minimum atomic E-state index is -3.87. The predicted molar refractivity (Wildman–Crippen MR) is 130 cm³/mol. The number of hydrogen-bond donors (Lipinski definition) is 1. The summed E-state index contributed by atoms with van der Waals surface area (Å²) in [4.78, 5) is 39.1. The van der Waals surface area contributed by atoms with Crippen LogP contribution in [-0.2, 0) is 26.2 Å². The van der Waals surface area contributed by atoms with Crippen molar-refractivity contribution in [1.82, 2.24) is 10.2 Å². The van der Waals surface area contributed by atoms with Crippen LogP contribution < -0.4 is 14.4 Å². The molecule has 0 spiro atoms. The number of hydrogen-bond acceptors (Lipinski definition) is 6. The number of likely N-dealkylation sites (N-methyl/N-ethyl adjacent to an activating group) is 1. The van der Waals surface area contributed by atoms with Crippen LogP contribution in [0.4, 0.5) is 5.69 Å². The average molecular weight is 490 g/mol. The number of ketones is 1. The molecule has 0 aliphatic carbocycles. The first kappa shape index (κ1) is 26.8. The largest absolute Gasteiger partial charge is 0.497 e. The van der Waals surface area contributed by atoms with Crippen molar-refractivity contribution in [3.8, 4) is 5.75 Å². The molecule has 1 atom stereocenters. The molecule has 1 N–H and O–H groups in total. The van der Waals surface area contributed by atoms with E-state index in [9.17, 15) is 22.8 Å². The zero-order valence-electron chi connectivity index (χ0n) is 20.1. The van der Waals surface area contributed by atoms with Crippen LogP contribution in [0.1, 0.15) is 36.7 Å². The van der Waals surface area contributed by atoms with Crippen LogP contribution in [0.15, 0.2) is 48.5 Å². The van der Waals surface area contributed by atoms with E-state index in [0.717, 1.165) is 16.1 Å². The van der Waals surface area contributed by atoms with Crippen LogP contribution in [0.2, 0.25) is 0 Å². The Bertz CT molecular complexity index is 1130. The number of benzene rings is 2. The lowest BCUT2D eigenvalue weighted by Gasteiger charge is -2.31. The Morgan fingerprint density at radius 2 is 1.74 bits per heavy atom. The van der Waals surface area contributed by atoms with Crippen LogP contribution in [-0.4, -0.2) is 63.4 Å². The third-order valence-corrected chi connectivity index (χ3v) is 6.39. The number of rotatable bonds is 11. The second-order valence-corrected chi connectivity index (χ2v) is 9.72. The van der Waals surface area contributed by atoms with Crippen molar-refractivity contribution in [2.45, 2.75) is 33.4 Å². The summed E-state index contributed by atoms with van der Waals surface area (Å²) in [5, 5.41) is 2.70. The van der Waals surface area contributed by atoms with E-state index in [1.54, 1.807) is 57.4 Å². The SMILES string of the molecule is CCNC(=O)[C@H](C)N(Cc1ccc(OC)cc1)C(=O)CN(c1cccc(C(C)=O)c1)S(C)(=O)=O. The molecule has 34 heavy (non-hydrogen) atoms. The molecule has 0 unspecified atom stereocenters. The van der Waals surface area contributed by atoms with Crippen molar-refractivity contribution in [3.05, 3.63) is 59.7 Å². The fourth-order valence-electron chi connectivity index (χ4n) is 3.33. The van der Waals surface area contributed by atoms with Gasteiger partial charge in [-0.05, 0) is 50.6 Å². The maximum atomic E-state index is 13.4. The summed E-state index contributed by atoms with van der Waals surface area (Å²) >= 11 is 0. The van der Waals surface area contributed by atoms with Gasteiger partial charge in [0.25, 0.3) is 0 Å². The molecule has 9 nitrogen and oxygen atoms in total. The molecule has 0 aliphatic rings. The number of methoxy groups -OCH3 is 1. The summed E-state index contributed by atoms with van der Waals surface area (Å²) in [6, 6.07) is 12.2. The number of nitrogens with zero attached hydrogens (tertiary/aromatic N) is 2. The molecule has 0 saturated carbocycles. The Kier molecular flexibility index (Phi) is 9.19. The standard InChI is InChI=1S/C24H31N3O6S/c1-6-25-24(30)17(2)26(15-19-10-12-22(33-4)13-11-19)23(29)16-27(34(5,31)32)21-9-7-8-20(14-21)18(3)28/h7-14,17H,6,15-16H2,1-5H3,(H,25,30)/t17-/m0/s1. The lowest BCUT2D eigenvalue weighted by Crippen LogP contribution is -2.51. The van der Waals surface area contributed by atoms with Gasteiger partial charge in [-0.15, -0.1) is 0 Å². The average Bonchev–Trinajstić information content (AvgIpc) is 2.80. The van der Waals surface area contributed by atoms with E-state index in [0.29, 0.717) is 17.9 Å². The fraction of sp³-hybridized carbons (Fsp3) is 0.375. The number of anilines is 1. The van der Waals surface area contributed by atoms with Gasteiger partial charge >= 0.3 is 0 Å². The number of Topliss-reactive ketones (excluding diaryl/α,β-unsaturated/α-hetero) is 1. The topological polar surface area (TPSA) is 113 Å². The molecule has 2 aromatic carbocycles. The summed E-state index contributed by atoms with van der Waals surface area (Å²) in [6.45, 7) is 4.69. The maximum Gasteiger partial charge on any atom is 0.244 e. The summed E-state index contributed by atoms with van der Waals surface area (Å²) in [5.74, 6) is -0.498. The zero-order valence-corrected chi connectivity index (χ0v) is 20.9. The van der Waals surface area contributed by atoms with Gasteiger partial charge < -0.3 is 15.0 Å². The smallest absolute Gasteiger partial charge is 0.244 e. The first-order valence-corrected chi connectivity index (χ1v) is 12.6. The second kappa shape index (κ2) is 11.6. The highest BCUT2D eigenvalue weighted by Crippen LogP contribution is 2.21. The third kappa shape index (κ3) is 7.05. The van der Waals surface area contributed by atoms with Crippen LogP contribution >= 0.6 is 0 Å². The summed E-state index contributed by atoms with van der Waals surface area (Å²) in [7, 11) is -2.33. The second-order valence-electron chi connectivity index (χ2n) is 7.82. The van der Waals surface area contributed by atoms with E-state index in [-0.39, 0.29) is 23.9 Å². The van der Waals surface area contributed by atoms with Gasteiger partial charge in [0.05, 0.1) is 19.1 Å². The normalized spacial score (nSPS) is 11.9. The van der Waals surface area contributed by atoms with E-state index in [1.165, 1.54) is 24.0 Å². The van der Waals surface area contributed by atoms with E-state index in [2.05, 4.69) is 5.32 Å². The minimum Gasteiger partial charge on any atom is -0.497 e. The molecule has 0 fully saturated rings. The zero-order chi connectivity index (χ0) is 25.5. The van der Waals surface area contributed by atoms with Crippen molar-refractivity contribution in [2.24, 2.45) is 0 Å². The summed E-state index contributed by atoms with van der Waals surface area (Å²) in [5.41, 5.74) is 1.26. The van der Waals surface area contributed by atoms with E-state index in [4.69, 9.17) is 4.74 Å². The number of carbonyl (C=O) groups is 3. The van der Waals surface area contributed by atoms with Crippen molar-refractivity contribution < 1.29 is 27.5 Å². The summed E-state index contributed by atoms with van der Waals surface area (Å²) in [6.07, 6.45) is 0.988. The minimum absolute atomic E-state index is 0.0895. The number of carbonyl (C=O) groups excluding carboxylic acids is 3. The molecule has 2 aromatic rings. The van der Waals surface area contributed by atoms with Crippen molar-refractivity contribution >= 4 is 33.3 Å². The quantitative estimate of drug-likeness (QED) is 0.484. The Labute approximate surface area is 200 Å². The highest BCUT2D eigenvalue weighted by molar-refractivity contribution is 7.92. The van der Waals surface area contributed by atoms with Crippen molar-refractivity contribution in [3.63, 3.8) is 0 Å². The Balaban J connectivity index is 2.41. The lowest BCUT2D eigenvalue weighted by atomic mass is 10.1. The van der Waals surface area contributed by atoms with Crippen molar-refractivity contribution in [1.29, 1.82) is 0 Å². The number of ether oxygens (including phenoxy) is 1. The monoisotopic (exact) mass is 489 g/mol. The van der Waals surface area contributed by atoms with Crippen molar-refractivity contribution in [2.75, 3.05) is 30.8 Å². The van der Waals surface area contributed by atoms with Crippen LogP contribution in [0.5, 0.6) is 5.75 Å². The Morgan fingerprint density at radius 3 is 2.26 bits per heavy atom. The van der Waals surface area contributed by atoms with Gasteiger partial charge in [-0.3, -0.25) is 18.7 Å². The van der Waals surface area contributed by atoms with Gasteiger partial charge in [-0.2, -0.15) is 0 Å². The molecule has 0 aliphatic heterocycles. The van der Waals surface area contributed by atoms with Crippen LogP contribution in [0.25, 0.3) is 0 Å². The van der Waals surface area contributed by atoms with E-state index < -0.39 is 28.5 Å². The molecule has 0 saturated heterocycles. The van der Waals surface area contributed by atoms with Gasteiger partial charge in [0, 0.05) is 18.7 Å². The molecule has 10 heteroatoms. The third-order valence-electron chi connectivity index (χ3n) is 5.25. The number of sulfonamides is 1. The molecular weight excluding hydrogens is 458 g/mol. The van der Waals surface area contributed by atoms with Gasteiger partial charge in [0.1, 0.15) is 18.3 Å². The first-order chi connectivity index (χ1) is 16.0. The van der Waals surface area contributed by atoms with Gasteiger partial charge in [0.15, 0.2) is 5.78 Å². The summed E-state index contributed by atoms with van der Waals surface area (Å²) < 4.78 is 31.3. The molecule has 0 aromatic heterocycles. The Hall–Kier alpha value is -3.40. The van der Waals surface area contributed by atoms with Gasteiger partial charge in [0.2, 0.25) is 21.8 Å². The highest BCUT2D eigenvalue weighted by atomic mass is 32.2. The Morgan fingerprint density at radius 1 is 1.09 bits per heavy atom. The van der Waals surface area contributed by atoms with E-state index in [1.807, 2.05) is 0 Å². The van der Waals surface area contributed by atoms with E-state index >= 15 is 0 Å². The maximum absolute atomic E-state index is 13.4. The van der Waals surface area contributed by atoms with Crippen LogP contribution in [0, 0.1) is 0 Å². The highest BCUT2D eigenvalue weighted by Gasteiger charge is 2.30. The molecule has 2 rings (SSSR count). The van der Waals surface area contributed by atoms with Gasteiger partial charge in [-0.25, -0.2) is 8.42 Å².